The summed E-state index contributed by atoms with van der Waals surface area (Å²) >= 11 is 0. The van der Waals surface area contributed by atoms with Gasteiger partial charge in [0.1, 0.15) is 0 Å². The molecule has 2 N–H and O–H groups in total. The van der Waals surface area contributed by atoms with Crippen LogP contribution in [0.2, 0.25) is 0 Å². The Morgan fingerprint density at radius 2 is 1.85 bits per heavy atom. The van der Waals surface area contributed by atoms with Crippen LogP contribution in [-0.4, -0.2) is 24.3 Å². The summed E-state index contributed by atoms with van der Waals surface area (Å²) in [5.41, 5.74) is 1.53. The number of hydrogen-bond acceptors (Lipinski definition) is 4. The van der Waals surface area contributed by atoms with Crippen molar-refractivity contribution in [2.75, 3.05) is 0 Å². The molecule has 0 saturated carbocycles. The Kier molecular flexibility index (Phi) is 3.82. The van der Waals surface area contributed by atoms with Crippen molar-refractivity contribution in [2.45, 2.75) is 31.8 Å². The van der Waals surface area contributed by atoms with E-state index in [1.165, 1.54) is 12.1 Å². The quantitative estimate of drug-likeness (QED) is 0.928. The topological polar surface area (TPSA) is 87.2 Å². The Hall–Kier alpha value is -1.86. The Bertz CT molecular complexity index is 703. The fourth-order valence-electron chi connectivity index (χ4n) is 1.76. The molecular formula is C13H17N3O3S. The van der Waals surface area contributed by atoms with E-state index >= 15 is 0 Å². The van der Waals surface area contributed by atoms with Crippen LogP contribution in [0.25, 0.3) is 5.69 Å². The second-order valence-electron chi connectivity index (χ2n) is 4.74. The van der Waals surface area contributed by atoms with E-state index in [1.807, 2.05) is 26.8 Å². The molecule has 0 spiro atoms. The molecule has 108 valence electrons. The van der Waals surface area contributed by atoms with E-state index in [2.05, 4.69) is 5.10 Å². The van der Waals surface area contributed by atoms with Crippen LogP contribution >= 0.6 is 0 Å². The number of benzene rings is 1. The molecule has 0 atom stereocenters. The summed E-state index contributed by atoms with van der Waals surface area (Å²) in [4.78, 5) is 0.0662. The summed E-state index contributed by atoms with van der Waals surface area (Å²) in [7, 11) is -3.69. The second kappa shape index (κ2) is 5.26. The number of rotatable bonds is 4. The molecule has 0 unspecified atom stereocenters. The molecule has 0 aliphatic rings. The van der Waals surface area contributed by atoms with Crippen molar-refractivity contribution in [3.8, 4) is 11.6 Å². The Morgan fingerprint density at radius 3 is 2.35 bits per heavy atom. The number of hydrogen-bond donors (Lipinski definition) is 1. The first-order valence-corrected chi connectivity index (χ1v) is 7.68. The van der Waals surface area contributed by atoms with Crippen molar-refractivity contribution in [3.63, 3.8) is 0 Å². The summed E-state index contributed by atoms with van der Waals surface area (Å²) in [6.07, 6.45) is 0.0218. The monoisotopic (exact) mass is 295 g/mol. The molecule has 2 rings (SSSR count). The first kappa shape index (κ1) is 14.5. The highest BCUT2D eigenvalue weighted by Crippen LogP contribution is 2.21. The molecule has 6 nitrogen and oxygen atoms in total. The van der Waals surface area contributed by atoms with E-state index in [0.29, 0.717) is 11.6 Å². The van der Waals surface area contributed by atoms with Crippen molar-refractivity contribution in [1.82, 2.24) is 9.78 Å². The first-order chi connectivity index (χ1) is 9.27. The van der Waals surface area contributed by atoms with Gasteiger partial charge in [-0.25, -0.2) is 18.2 Å². The normalized spacial score (nSPS) is 11.8. The second-order valence-corrected chi connectivity index (χ2v) is 6.30. The van der Waals surface area contributed by atoms with Gasteiger partial charge < -0.3 is 4.74 Å². The van der Waals surface area contributed by atoms with Gasteiger partial charge in [0.2, 0.25) is 15.9 Å². The fraction of sp³-hybridized carbons (Fsp3) is 0.308. The summed E-state index contributed by atoms with van der Waals surface area (Å²) < 4.78 is 29.8. The van der Waals surface area contributed by atoms with E-state index in [-0.39, 0.29) is 11.0 Å². The maximum atomic E-state index is 11.2. The molecule has 0 fully saturated rings. The largest absolute Gasteiger partial charge is 0.475 e. The molecule has 2 aromatic rings. The average molecular weight is 295 g/mol. The van der Waals surface area contributed by atoms with Crippen LogP contribution in [0.4, 0.5) is 0 Å². The number of sulfonamides is 1. The van der Waals surface area contributed by atoms with Gasteiger partial charge in [-0.15, -0.1) is 0 Å². The van der Waals surface area contributed by atoms with Crippen LogP contribution < -0.4 is 9.88 Å². The number of nitrogens with zero attached hydrogens (tertiary/aromatic N) is 2. The molecule has 0 bridgehead atoms. The summed E-state index contributed by atoms with van der Waals surface area (Å²) in [6.45, 7) is 5.72. The van der Waals surface area contributed by atoms with E-state index in [1.54, 1.807) is 16.8 Å². The first-order valence-electron chi connectivity index (χ1n) is 6.14. The zero-order chi connectivity index (χ0) is 14.9. The molecule has 7 heteroatoms. The molecule has 0 radical (unpaired) electrons. The Labute approximate surface area is 118 Å². The number of ether oxygens (including phenoxy) is 1. The van der Waals surface area contributed by atoms with Crippen molar-refractivity contribution in [2.24, 2.45) is 5.14 Å². The molecule has 1 aromatic carbocycles. The van der Waals surface area contributed by atoms with E-state index in [0.717, 1.165) is 5.69 Å². The van der Waals surface area contributed by atoms with Crippen LogP contribution in [0.1, 0.15) is 19.5 Å². The van der Waals surface area contributed by atoms with Crippen LogP contribution in [0.15, 0.2) is 35.2 Å². The molecule has 0 amide bonds. The van der Waals surface area contributed by atoms with Gasteiger partial charge in [0.25, 0.3) is 0 Å². The summed E-state index contributed by atoms with van der Waals surface area (Å²) in [5, 5.41) is 9.41. The summed E-state index contributed by atoms with van der Waals surface area (Å²) in [6, 6.07) is 7.99. The smallest absolute Gasteiger partial charge is 0.238 e. The molecule has 0 aliphatic heterocycles. The molecule has 1 aromatic heterocycles. The van der Waals surface area contributed by atoms with Gasteiger partial charge in [-0.3, -0.25) is 0 Å². The molecule has 0 saturated heterocycles. The lowest BCUT2D eigenvalue weighted by Crippen LogP contribution is -2.12. The van der Waals surface area contributed by atoms with Crippen molar-refractivity contribution < 1.29 is 13.2 Å². The number of nitrogens with two attached hydrogens (primary N) is 1. The standard InChI is InChI=1S/C13H17N3O3S/c1-9(2)19-13-8-10(3)15-16(13)11-4-6-12(7-5-11)20(14,17)18/h4-9H,1-3H3,(H2,14,17,18). The predicted octanol–water partition coefficient (Wildman–Crippen LogP) is 1.62. The third-order valence-electron chi connectivity index (χ3n) is 2.57. The minimum Gasteiger partial charge on any atom is -0.475 e. The zero-order valence-corrected chi connectivity index (χ0v) is 12.4. The van der Waals surface area contributed by atoms with Crippen molar-refractivity contribution in [1.29, 1.82) is 0 Å². The molecule has 0 aliphatic carbocycles. The number of aromatic nitrogens is 2. The maximum absolute atomic E-state index is 11.2. The van der Waals surface area contributed by atoms with Crippen molar-refractivity contribution in [3.05, 3.63) is 36.0 Å². The van der Waals surface area contributed by atoms with Gasteiger partial charge >= 0.3 is 0 Å². The number of primary sulfonamides is 1. The predicted molar refractivity (Wildman–Crippen MR) is 75.4 cm³/mol. The van der Waals surface area contributed by atoms with Crippen LogP contribution in [0, 0.1) is 6.92 Å². The number of aryl methyl sites for hydroxylation is 1. The molecule has 20 heavy (non-hydrogen) atoms. The van der Waals surface area contributed by atoms with E-state index in [4.69, 9.17) is 9.88 Å². The van der Waals surface area contributed by atoms with Crippen LogP contribution in [0.3, 0.4) is 0 Å². The van der Waals surface area contributed by atoms with Gasteiger partial charge in [0.05, 0.1) is 22.4 Å². The molecule has 1 heterocycles. The average Bonchev–Trinajstić information content (AvgIpc) is 2.68. The van der Waals surface area contributed by atoms with Gasteiger partial charge in [-0.1, -0.05) is 0 Å². The summed E-state index contributed by atoms with van der Waals surface area (Å²) in [5.74, 6) is 0.612. The SMILES string of the molecule is Cc1cc(OC(C)C)n(-c2ccc(S(N)(=O)=O)cc2)n1. The minimum atomic E-state index is -3.69. The van der Waals surface area contributed by atoms with Gasteiger partial charge in [0.15, 0.2) is 0 Å². The van der Waals surface area contributed by atoms with Gasteiger partial charge in [-0.2, -0.15) is 5.10 Å². The Balaban J connectivity index is 2.41. The zero-order valence-electron chi connectivity index (χ0n) is 11.6. The molecular weight excluding hydrogens is 278 g/mol. The highest BCUT2D eigenvalue weighted by atomic mass is 32.2. The highest BCUT2D eigenvalue weighted by molar-refractivity contribution is 7.89. The van der Waals surface area contributed by atoms with Crippen LogP contribution in [-0.2, 0) is 10.0 Å². The maximum Gasteiger partial charge on any atom is 0.238 e. The van der Waals surface area contributed by atoms with E-state index < -0.39 is 10.0 Å². The minimum absolute atomic E-state index is 0.0218. The fourth-order valence-corrected chi connectivity index (χ4v) is 2.28. The third-order valence-corrected chi connectivity index (χ3v) is 3.49. The lowest BCUT2D eigenvalue weighted by molar-refractivity contribution is 0.226. The lowest BCUT2D eigenvalue weighted by atomic mass is 10.3. The van der Waals surface area contributed by atoms with E-state index in [9.17, 15) is 8.42 Å². The lowest BCUT2D eigenvalue weighted by Gasteiger charge is -2.11. The van der Waals surface area contributed by atoms with Gasteiger partial charge in [-0.05, 0) is 45.0 Å². The van der Waals surface area contributed by atoms with Crippen LogP contribution in [0.5, 0.6) is 5.88 Å². The highest BCUT2D eigenvalue weighted by Gasteiger charge is 2.12. The third kappa shape index (κ3) is 3.17. The Morgan fingerprint density at radius 1 is 1.25 bits per heavy atom. The van der Waals surface area contributed by atoms with Crippen molar-refractivity contribution >= 4 is 10.0 Å². The van der Waals surface area contributed by atoms with Gasteiger partial charge in [0, 0.05) is 6.07 Å².